The molecule has 2 aliphatic rings. The SMILES string of the molecule is O=C1CCC[C@H]1[C@@H]1c2ccccc2-c2cncn21. The first-order valence-corrected chi connectivity index (χ1v) is 6.50. The Morgan fingerprint density at radius 3 is 3.00 bits per heavy atom. The van der Waals surface area contributed by atoms with Gasteiger partial charge in [-0.05, 0) is 18.4 Å². The van der Waals surface area contributed by atoms with Gasteiger partial charge in [-0.1, -0.05) is 24.3 Å². The number of fused-ring (bicyclic) bond motifs is 3. The third-order valence-electron chi connectivity index (χ3n) is 4.25. The number of hydrogen-bond acceptors (Lipinski definition) is 2. The van der Waals surface area contributed by atoms with Crippen LogP contribution in [0.15, 0.2) is 36.8 Å². The molecule has 0 radical (unpaired) electrons. The average Bonchev–Trinajstić information content (AvgIpc) is 3.05. The van der Waals surface area contributed by atoms with Crippen LogP contribution in [-0.4, -0.2) is 15.3 Å². The highest BCUT2D eigenvalue weighted by atomic mass is 16.1. The number of carbonyl (C=O) groups is 1. The van der Waals surface area contributed by atoms with Crippen LogP contribution in [0.5, 0.6) is 0 Å². The fourth-order valence-electron chi connectivity index (χ4n) is 3.46. The van der Waals surface area contributed by atoms with Gasteiger partial charge in [-0.3, -0.25) is 4.79 Å². The number of imidazole rings is 1. The van der Waals surface area contributed by atoms with Crippen LogP contribution in [0.25, 0.3) is 11.3 Å². The maximum atomic E-state index is 12.1. The summed E-state index contributed by atoms with van der Waals surface area (Å²) in [5.41, 5.74) is 3.67. The highest BCUT2D eigenvalue weighted by Gasteiger charge is 2.39. The zero-order chi connectivity index (χ0) is 12.1. The maximum absolute atomic E-state index is 12.1. The highest BCUT2D eigenvalue weighted by molar-refractivity contribution is 5.85. The van der Waals surface area contributed by atoms with Crippen LogP contribution < -0.4 is 0 Å². The Morgan fingerprint density at radius 2 is 2.17 bits per heavy atom. The van der Waals surface area contributed by atoms with Crippen LogP contribution >= 0.6 is 0 Å². The summed E-state index contributed by atoms with van der Waals surface area (Å²) >= 11 is 0. The van der Waals surface area contributed by atoms with Gasteiger partial charge >= 0.3 is 0 Å². The summed E-state index contributed by atoms with van der Waals surface area (Å²) in [4.78, 5) is 16.3. The number of ketones is 1. The predicted molar refractivity (Wildman–Crippen MR) is 68.2 cm³/mol. The molecule has 3 nitrogen and oxygen atoms in total. The number of aromatic nitrogens is 2. The molecule has 0 N–H and O–H groups in total. The van der Waals surface area contributed by atoms with E-state index in [2.05, 4.69) is 33.8 Å². The third kappa shape index (κ3) is 1.19. The topological polar surface area (TPSA) is 34.9 Å². The normalized spacial score (nSPS) is 25.2. The standard InChI is InChI=1S/C15H14N2O/c18-14-7-3-6-12(14)15-11-5-2-1-4-10(11)13-8-16-9-17(13)15/h1-2,4-5,8-9,12,15H,3,6-7H2/t12-,15+/m1/s1. The molecule has 3 heteroatoms. The number of benzene rings is 1. The van der Waals surface area contributed by atoms with Crippen molar-refractivity contribution in [2.75, 3.05) is 0 Å². The predicted octanol–water partition coefficient (Wildman–Crippen LogP) is 2.82. The van der Waals surface area contributed by atoms with Crippen molar-refractivity contribution in [2.24, 2.45) is 5.92 Å². The summed E-state index contributed by atoms with van der Waals surface area (Å²) in [5, 5.41) is 0. The molecule has 18 heavy (non-hydrogen) atoms. The molecule has 0 amide bonds. The van der Waals surface area contributed by atoms with Crippen LogP contribution in [0.4, 0.5) is 0 Å². The third-order valence-corrected chi connectivity index (χ3v) is 4.25. The number of nitrogens with zero attached hydrogens (tertiary/aromatic N) is 2. The van der Waals surface area contributed by atoms with Gasteiger partial charge < -0.3 is 4.57 Å². The Kier molecular flexibility index (Phi) is 1.98. The molecule has 2 aromatic rings. The quantitative estimate of drug-likeness (QED) is 0.765. The van der Waals surface area contributed by atoms with Crippen LogP contribution in [-0.2, 0) is 4.79 Å². The van der Waals surface area contributed by atoms with Crippen LogP contribution in [0.1, 0.15) is 30.9 Å². The Bertz CT molecular complexity index is 629. The highest BCUT2D eigenvalue weighted by Crippen LogP contribution is 2.46. The Balaban J connectivity index is 1.91. The summed E-state index contributed by atoms with van der Waals surface area (Å²) in [6.07, 6.45) is 6.55. The van der Waals surface area contributed by atoms with Crippen molar-refractivity contribution in [3.63, 3.8) is 0 Å². The Morgan fingerprint density at radius 1 is 1.28 bits per heavy atom. The minimum absolute atomic E-state index is 0.140. The van der Waals surface area contributed by atoms with Crippen molar-refractivity contribution in [3.8, 4) is 11.3 Å². The van der Waals surface area contributed by atoms with Gasteiger partial charge in [0.1, 0.15) is 5.78 Å². The first-order valence-electron chi connectivity index (χ1n) is 6.50. The second kappa shape index (κ2) is 3.55. The first kappa shape index (κ1) is 10.1. The van der Waals surface area contributed by atoms with E-state index in [1.165, 1.54) is 11.1 Å². The van der Waals surface area contributed by atoms with Crippen molar-refractivity contribution in [1.82, 2.24) is 9.55 Å². The molecule has 2 atom stereocenters. The van der Waals surface area contributed by atoms with E-state index in [4.69, 9.17) is 0 Å². The van der Waals surface area contributed by atoms with Gasteiger partial charge in [-0.15, -0.1) is 0 Å². The molecule has 4 rings (SSSR count). The monoisotopic (exact) mass is 238 g/mol. The average molecular weight is 238 g/mol. The molecule has 0 unspecified atom stereocenters. The molecule has 1 aliphatic heterocycles. The van der Waals surface area contributed by atoms with Crippen molar-refractivity contribution in [1.29, 1.82) is 0 Å². The van der Waals surface area contributed by atoms with E-state index in [9.17, 15) is 4.79 Å². The molecular formula is C15H14N2O. The number of carbonyl (C=O) groups excluding carboxylic acids is 1. The molecule has 90 valence electrons. The number of hydrogen-bond donors (Lipinski definition) is 0. The second-order valence-electron chi connectivity index (χ2n) is 5.18. The molecule has 1 fully saturated rings. The Hall–Kier alpha value is -1.90. The summed E-state index contributed by atoms with van der Waals surface area (Å²) in [6, 6.07) is 8.56. The van der Waals surface area contributed by atoms with Gasteiger partial charge in [0.25, 0.3) is 0 Å². The van der Waals surface area contributed by atoms with E-state index in [0.29, 0.717) is 5.78 Å². The van der Waals surface area contributed by atoms with Crippen LogP contribution in [0.2, 0.25) is 0 Å². The zero-order valence-corrected chi connectivity index (χ0v) is 10.0. The van der Waals surface area contributed by atoms with Crippen LogP contribution in [0.3, 0.4) is 0 Å². The molecule has 2 heterocycles. The van der Waals surface area contributed by atoms with Crippen molar-refractivity contribution in [3.05, 3.63) is 42.4 Å². The summed E-state index contributed by atoms with van der Waals surface area (Å²) in [7, 11) is 0. The number of rotatable bonds is 1. The van der Waals surface area contributed by atoms with Gasteiger partial charge in [-0.25, -0.2) is 4.98 Å². The maximum Gasteiger partial charge on any atom is 0.138 e. The van der Waals surface area contributed by atoms with E-state index in [1.54, 1.807) is 0 Å². The lowest BCUT2D eigenvalue weighted by atomic mass is 9.90. The van der Waals surface area contributed by atoms with E-state index < -0.39 is 0 Å². The van der Waals surface area contributed by atoms with E-state index in [-0.39, 0.29) is 12.0 Å². The largest absolute Gasteiger partial charge is 0.322 e. The van der Waals surface area contributed by atoms with Gasteiger partial charge in [0, 0.05) is 17.9 Å². The fourth-order valence-corrected chi connectivity index (χ4v) is 3.46. The lowest BCUT2D eigenvalue weighted by Crippen LogP contribution is -2.20. The van der Waals surface area contributed by atoms with E-state index in [0.717, 1.165) is 25.0 Å². The lowest BCUT2D eigenvalue weighted by Gasteiger charge is -2.20. The molecule has 0 saturated heterocycles. The summed E-state index contributed by atoms with van der Waals surface area (Å²) in [6.45, 7) is 0. The second-order valence-corrected chi connectivity index (χ2v) is 5.18. The fraction of sp³-hybridized carbons (Fsp3) is 0.333. The molecule has 0 spiro atoms. The van der Waals surface area contributed by atoms with E-state index >= 15 is 0 Å². The molecular weight excluding hydrogens is 224 g/mol. The molecule has 1 aromatic heterocycles. The van der Waals surface area contributed by atoms with Gasteiger partial charge in [0.15, 0.2) is 0 Å². The minimum atomic E-state index is 0.140. The lowest BCUT2D eigenvalue weighted by molar-refractivity contribution is -0.121. The van der Waals surface area contributed by atoms with Gasteiger partial charge in [-0.2, -0.15) is 0 Å². The molecule has 0 bridgehead atoms. The van der Waals surface area contributed by atoms with E-state index in [1.807, 2.05) is 12.5 Å². The molecule has 1 aliphatic carbocycles. The van der Waals surface area contributed by atoms with Gasteiger partial charge in [0.2, 0.25) is 0 Å². The summed E-state index contributed by atoms with van der Waals surface area (Å²) < 4.78 is 2.18. The smallest absolute Gasteiger partial charge is 0.138 e. The van der Waals surface area contributed by atoms with Crippen molar-refractivity contribution >= 4 is 5.78 Å². The Labute approximate surface area is 105 Å². The summed E-state index contributed by atoms with van der Waals surface area (Å²) in [5.74, 6) is 0.554. The minimum Gasteiger partial charge on any atom is -0.322 e. The van der Waals surface area contributed by atoms with Crippen molar-refractivity contribution < 1.29 is 4.79 Å². The first-order chi connectivity index (χ1) is 8.86. The van der Waals surface area contributed by atoms with Gasteiger partial charge in [0.05, 0.1) is 24.3 Å². The molecule has 1 saturated carbocycles. The van der Waals surface area contributed by atoms with Crippen molar-refractivity contribution in [2.45, 2.75) is 25.3 Å². The zero-order valence-electron chi connectivity index (χ0n) is 10.0. The van der Waals surface area contributed by atoms with Crippen LogP contribution in [0, 0.1) is 5.92 Å². The number of Topliss-reactive ketones (excluding diaryl/α,β-unsaturated/α-hetero) is 1. The molecule has 1 aromatic carbocycles.